The molecule has 5 heteroatoms. The van der Waals surface area contributed by atoms with Crippen molar-refractivity contribution < 1.29 is 4.79 Å². The highest BCUT2D eigenvalue weighted by molar-refractivity contribution is 5.74. The van der Waals surface area contributed by atoms with E-state index in [0.717, 1.165) is 57.9 Å². The number of hydrogen-bond donors (Lipinski definition) is 1. The lowest BCUT2D eigenvalue weighted by molar-refractivity contribution is 0.147. The summed E-state index contributed by atoms with van der Waals surface area (Å²) in [5, 5.41) is 3.22. The molecule has 0 radical (unpaired) electrons. The first-order valence-electron chi connectivity index (χ1n) is 11.8. The van der Waals surface area contributed by atoms with Crippen LogP contribution < -0.4 is 10.2 Å². The molecule has 3 aliphatic rings. The van der Waals surface area contributed by atoms with E-state index in [1.54, 1.807) is 0 Å². The Morgan fingerprint density at radius 2 is 1.55 bits per heavy atom. The number of urea groups is 1. The lowest BCUT2D eigenvalue weighted by Crippen LogP contribution is -2.47. The van der Waals surface area contributed by atoms with Crippen LogP contribution in [0.5, 0.6) is 0 Å². The summed E-state index contributed by atoms with van der Waals surface area (Å²) in [5.74, 6) is 1.33. The third-order valence-electron chi connectivity index (χ3n) is 7.07. The first kappa shape index (κ1) is 20.5. The number of amides is 2. The molecule has 3 fully saturated rings. The van der Waals surface area contributed by atoms with Crippen molar-refractivity contribution in [2.45, 2.75) is 44.9 Å². The van der Waals surface area contributed by atoms with Gasteiger partial charge < -0.3 is 20.0 Å². The standard InChI is InChI=1S/C24H38N4O/c29-24(25-18-22-12-17-28(20-22)23-8-4-3-5-9-23)27-15-10-21(11-16-27)19-26-13-6-1-2-7-14-26/h3-5,8-9,21-22H,1-2,6-7,10-20H2,(H,25,29)/t22-/m1/s1. The number of rotatable bonds is 5. The molecule has 3 heterocycles. The van der Waals surface area contributed by atoms with Crippen LogP contribution in [0.3, 0.4) is 0 Å². The fourth-order valence-electron chi connectivity index (χ4n) is 5.22. The quantitative estimate of drug-likeness (QED) is 0.820. The first-order chi connectivity index (χ1) is 14.3. The van der Waals surface area contributed by atoms with Gasteiger partial charge in [0.25, 0.3) is 0 Å². The molecule has 0 unspecified atom stereocenters. The minimum absolute atomic E-state index is 0.149. The normalized spacial score (nSPS) is 24.5. The zero-order chi connectivity index (χ0) is 19.9. The predicted molar refractivity (Wildman–Crippen MR) is 119 cm³/mol. The SMILES string of the molecule is O=C(NC[C@H]1CCN(c2ccccc2)C1)N1CCC(CN2CCCCCC2)CC1. The highest BCUT2D eigenvalue weighted by atomic mass is 16.2. The maximum absolute atomic E-state index is 12.6. The molecular formula is C24H38N4O. The van der Waals surface area contributed by atoms with Gasteiger partial charge in [-0.2, -0.15) is 0 Å². The Morgan fingerprint density at radius 1 is 0.862 bits per heavy atom. The van der Waals surface area contributed by atoms with Crippen LogP contribution in [-0.4, -0.2) is 68.2 Å². The summed E-state index contributed by atoms with van der Waals surface area (Å²) in [6, 6.07) is 10.8. The molecule has 3 aliphatic heterocycles. The van der Waals surface area contributed by atoms with E-state index in [1.807, 2.05) is 4.90 Å². The number of anilines is 1. The van der Waals surface area contributed by atoms with Gasteiger partial charge in [-0.1, -0.05) is 31.0 Å². The van der Waals surface area contributed by atoms with Crippen LogP contribution in [0.25, 0.3) is 0 Å². The summed E-state index contributed by atoms with van der Waals surface area (Å²) < 4.78 is 0. The molecule has 1 aromatic carbocycles. The average Bonchev–Trinajstić information content (AvgIpc) is 3.10. The van der Waals surface area contributed by atoms with Crippen molar-refractivity contribution in [3.8, 4) is 0 Å². The van der Waals surface area contributed by atoms with E-state index in [0.29, 0.717) is 5.92 Å². The molecule has 1 aromatic rings. The Balaban J connectivity index is 1.14. The molecule has 0 bridgehead atoms. The Hall–Kier alpha value is -1.75. The Bertz CT molecular complexity index is 621. The zero-order valence-corrected chi connectivity index (χ0v) is 17.9. The lowest BCUT2D eigenvalue weighted by atomic mass is 9.96. The molecule has 1 N–H and O–H groups in total. The Labute approximate surface area is 176 Å². The maximum atomic E-state index is 12.6. The molecule has 0 aromatic heterocycles. The molecule has 29 heavy (non-hydrogen) atoms. The van der Waals surface area contributed by atoms with E-state index in [9.17, 15) is 4.79 Å². The summed E-state index contributed by atoms with van der Waals surface area (Å²) in [4.78, 5) is 19.8. The van der Waals surface area contributed by atoms with E-state index in [1.165, 1.54) is 51.0 Å². The van der Waals surface area contributed by atoms with Gasteiger partial charge in [0, 0.05) is 45.0 Å². The number of likely N-dealkylation sites (tertiary alicyclic amines) is 2. The Kier molecular flexibility index (Phi) is 7.31. The Morgan fingerprint density at radius 3 is 2.28 bits per heavy atom. The largest absolute Gasteiger partial charge is 0.371 e. The molecule has 2 amide bonds. The minimum Gasteiger partial charge on any atom is -0.371 e. The number of benzene rings is 1. The molecular weight excluding hydrogens is 360 g/mol. The highest BCUT2D eigenvalue weighted by Gasteiger charge is 2.27. The number of nitrogens with one attached hydrogen (secondary N) is 1. The molecule has 5 nitrogen and oxygen atoms in total. The summed E-state index contributed by atoms with van der Waals surface area (Å²) in [5.41, 5.74) is 1.30. The van der Waals surface area contributed by atoms with Crippen LogP contribution in [0.1, 0.15) is 44.9 Å². The van der Waals surface area contributed by atoms with Crippen LogP contribution in [0, 0.1) is 11.8 Å². The van der Waals surface area contributed by atoms with Crippen molar-refractivity contribution in [3.63, 3.8) is 0 Å². The summed E-state index contributed by atoms with van der Waals surface area (Å²) in [6.45, 7) is 8.58. The van der Waals surface area contributed by atoms with Crippen molar-refractivity contribution in [1.29, 1.82) is 0 Å². The number of carbonyl (C=O) groups excluding carboxylic acids is 1. The van der Waals surface area contributed by atoms with Gasteiger partial charge in [0.15, 0.2) is 0 Å². The zero-order valence-electron chi connectivity index (χ0n) is 17.9. The van der Waals surface area contributed by atoms with Crippen LogP contribution in [0.4, 0.5) is 10.5 Å². The fourth-order valence-corrected chi connectivity index (χ4v) is 5.22. The van der Waals surface area contributed by atoms with Gasteiger partial charge in [0.1, 0.15) is 0 Å². The number of piperidine rings is 1. The second kappa shape index (κ2) is 10.3. The third-order valence-corrected chi connectivity index (χ3v) is 7.07. The molecule has 1 atom stereocenters. The first-order valence-corrected chi connectivity index (χ1v) is 11.8. The molecule has 4 rings (SSSR count). The van der Waals surface area contributed by atoms with E-state index in [4.69, 9.17) is 0 Å². The van der Waals surface area contributed by atoms with Gasteiger partial charge in [-0.15, -0.1) is 0 Å². The monoisotopic (exact) mass is 398 g/mol. The van der Waals surface area contributed by atoms with Crippen LogP contribution in [0.2, 0.25) is 0 Å². The topological polar surface area (TPSA) is 38.8 Å². The van der Waals surface area contributed by atoms with E-state index >= 15 is 0 Å². The van der Waals surface area contributed by atoms with Gasteiger partial charge in [-0.05, 0) is 69.2 Å². The molecule has 0 saturated carbocycles. The van der Waals surface area contributed by atoms with Gasteiger partial charge in [0.2, 0.25) is 0 Å². The van der Waals surface area contributed by atoms with E-state index in [-0.39, 0.29) is 6.03 Å². The summed E-state index contributed by atoms with van der Waals surface area (Å²) in [6.07, 6.45) is 9.02. The molecule has 160 valence electrons. The lowest BCUT2D eigenvalue weighted by Gasteiger charge is -2.34. The number of nitrogens with zero attached hydrogens (tertiary/aromatic N) is 3. The molecule has 0 spiro atoms. The third kappa shape index (κ3) is 5.88. The predicted octanol–water partition coefficient (Wildman–Crippen LogP) is 3.81. The second-order valence-corrected chi connectivity index (χ2v) is 9.27. The fraction of sp³-hybridized carbons (Fsp3) is 0.708. The summed E-state index contributed by atoms with van der Waals surface area (Å²) >= 11 is 0. The van der Waals surface area contributed by atoms with E-state index < -0.39 is 0 Å². The van der Waals surface area contributed by atoms with Crippen molar-refractivity contribution in [1.82, 2.24) is 15.1 Å². The van der Waals surface area contributed by atoms with Crippen LogP contribution >= 0.6 is 0 Å². The van der Waals surface area contributed by atoms with Crippen molar-refractivity contribution in [3.05, 3.63) is 30.3 Å². The molecule has 0 aliphatic carbocycles. The number of carbonyl (C=O) groups is 1. The maximum Gasteiger partial charge on any atom is 0.317 e. The number of para-hydroxylation sites is 1. The van der Waals surface area contributed by atoms with Crippen molar-refractivity contribution in [2.24, 2.45) is 11.8 Å². The second-order valence-electron chi connectivity index (χ2n) is 9.27. The van der Waals surface area contributed by atoms with Gasteiger partial charge in [-0.3, -0.25) is 0 Å². The molecule has 3 saturated heterocycles. The average molecular weight is 399 g/mol. The highest BCUT2D eigenvalue weighted by Crippen LogP contribution is 2.24. The number of hydrogen-bond acceptors (Lipinski definition) is 3. The van der Waals surface area contributed by atoms with Gasteiger partial charge in [0.05, 0.1) is 0 Å². The van der Waals surface area contributed by atoms with Crippen LogP contribution in [0.15, 0.2) is 30.3 Å². The smallest absolute Gasteiger partial charge is 0.317 e. The van der Waals surface area contributed by atoms with E-state index in [2.05, 4.69) is 45.4 Å². The van der Waals surface area contributed by atoms with Crippen molar-refractivity contribution in [2.75, 3.05) is 57.3 Å². The van der Waals surface area contributed by atoms with Crippen molar-refractivity contribution >= 4 is 11.7 Å². The van der Waals surface area contributed by atoms with Gasteiger partial charge >= 0.3 is 6.03 Å². The van der Waals surface area contributed by atoms with Gasteiger partial charge in [-0.25, -0.2) is 4.79 Å². The summed E-state index contributed by atoms with van der Waals surface area (Å²) in [7, 11) is 0. The van der Waals surface area contributed by atoms with Crippen LogP contribution in [-0.2, 0) is 0 Å². The minimum atomic E-state index is 0.149.